The monoisotopic (exact) mass is 420 g/mol. The molecule has 6 nitrogen and oxygen atoms in total. The summed E-state index contributed by atoms with van der Waals surface area (Å²) in [5, 5.41) is 2.98. The van der Waals surface area contributed by atoms with E-state index in [0.29, 0.717) is 37.5 Å². The van der Waals surface area contributed by atoms with Crippen molar-refractivity contribution >= 4 is 23.4 Å². The molecule has 2 bridgehead atoms. The molecule has 6 aliphatic rings. The number of hydrogen-bond donors (Lipinski definition) is 1. The van der Waals surface area contributed by atoms with Crippen LogP contribution in [-0.2, 0) is 14.4 Å². The lowest BCUT2D eigenvalue weighted by atomic mass is 9.63. The van der Waals surface area contributed by atoms with E-state index in [1.807, 2.05) is 24.3 Å². The van der Waals surface area contributed by atoms with Gasteiger partial charge in [-0.1, -0.05) is 12.2 Å². The Hall–Kier alpha value is -2.63. The van der Waals surface area contributed by atoms with Crippen molar-refractivity contribution in [1.82, 2.24) is 4.90 Å². The Morgan fingerprint density at radius 2 is 1.52 bits per heavy atom. The molecule has 6 atom stereocenters. The topological polar surface area (TPSA) is 75.7 Å². The van der Waals surface area contributed by atoms with Gasteiger partial charge in [0.15, 0.2) is 0 Å². The predicted octanol–water partition coefficient (Wildman–Crippen LogP) is 3.25. The first-order valence-corrected chi connectivity index (χ1v) is 11.6. The smallest absolute Gasteiger partial charge is 0.233 e. The average Bonchev–Trinajstić information content (AvgIpc) is 3.58. The summed E-state index contributed by atoms with van der Waals surface area (Å²) in [7, 11) is 1.61. The van der Waals surface area contributed by atoms with Gasteiger partial charge in [0.1, 0.15) is 5.75 Å². The van der Waals surface area contributed by atoms with Crippen LogP contribution in [0.1, 0.15) is 32.1 Å². The van der Waals surface area contributed by atoms with Gasteiger partial charge in [-0.3, -0.25) is 19.3 Å². The van der Waals surface area contributed by atoms with Crippen LogP contribution in [0.4, 0.5) is 5.69 Å². The van der Waals surface area contributed by atoms with Gasteiger partial charge >= 0.3 is 0 Å². The molecule has 162 valence electrons. The number of amides is 3. The summed E-state index contributed by atoms with van der Waals surface area (Å²) >= 11 is 0. The van der Waals surface area contributed by atoms with Crippen molar-refractivity contribution in [2.45, 2.75) is 38.1 Å². The Balaban J connectivity index is 1.09. The number of nitrogens with one attached hydrogen (secondary N) is 1. The van der Waals surface area contributed by atoms with E-state index in [4.69, 9.17) is 4.74 Å². The van der Waals surface area contributed by atoms with Gasteiger partial charge in [-0.15, -0.1) is 0 Å². The molecule has 1 N–H and O–H groups in total. The number of rotatable bonds is 4. The molecule has 31 heavy (non-hydrogen) atoms. The number of benzene rings is 1. The highest BCUT2D eigenvalue weighted by atomic mass is 16.5. The average molecular weight is 421 g/mol. The van der Waals surface area contributed by atoms with E-state index >= 15 is 0 Å². The Labute approximate surface area is 182 Å². The van der Waals surface area contributed by atoms with Crippen LogP contribution in [0.25, 0.3) is 0 Å². The summed E-state index contributed by atoms with van der Waals surface area (Å²) in [5.74, 6) is 2.36. The minimum Gasteiger partial charge on any atom is -0.497 e. The Morgan fingerprint density at radius 3 is 2.06 bits per heavy atom. The molecule has 0 radical (unpaired) electrons. The molecule has 1 heterocycles. The minimum atomic E-state index is -0.123. The molecule has 7 rings (SSSR count). The van der Waals surface area contributed by atoms with E-state index in [1.165, 1.54) is 6.42 Å². The number of anilines is 1. The zero-order valence-electron chi connectivity index (χ0n) is 17.7. The largest absolute Gasteiger partial charge is 0.497 e. The van der Waals surface area contributed by atoms with Gasteiger partial charge in [0.2, 0.25) is 17.7 Å². The van der Waals surface area contributed by atoms with Crippen molar-refractivity contribution in [3.05, 3.63) is 36.4 Å². The molecule has 4 fully saturated rings. The summed E-state index contributed by atoms with van der Waals surface area (Å²) in [6, 6.07) is 7.26. The van der Waals surface area contributed by atoms with Crippen LogP contribution in [-0.4, -0.2) is 35.8 Å². The van der Waals surface area contributed by atoms with Crippen molar-refractivity contribution in [2.75, 3.05) is 12.4 Å². The first-order chi connectivity index (χ1) is 15.1. The van der Waals surface area contributed by atoms with E-state index in [9.17, 15) is 14.4 Å². The Bertz CT molecular complexity index is 926. The first-order valence-electron chi connectivity index (χ1n) is 11.6. The third kappa shape index (κ3) is 2.87. The van der Waals surface area contributed by atoms with Gasteiger partial charge in [-0.2, -0.15) is 0 Å². The van der Waals surface area contributed by atoms with Gasteiger partial charge in [0.25, 0.3) is 0 Å². The maximum Gasteiger partial charge on any atom is 0.233 e. The summed E-state index contributed by atoms with van der Waals surface area (Å²) in [5.41, 5.74) is 0.753. The molecule has 6 heteroatoms. The third-order valence-corrected chi connectivity index (χ3v) is 8.49. The molecule has 1 aromatic rings. The van der Waals surface area contributed by atoms with E-state index in [1.54, 1.807) is 12.0 Å². The van der Waals surface area contributed by atoms with Gasteiger partial charge in [0, 0.05) is 17.6 Å². The zero-order valence-corrected chi connectivity index (χ0v) is 17.7. The molecule has 3 saturated carbocycles. The van der Waals surface area contributed by atoms with E-state index in [-0.39, 0.29) is 53.4 Å². The lowest BCUT2D eigenvalue weighted by molar-refractivity contribution is -0.144. The fraction of sp³-hybridized carbons (Fsp3) is 0.560. The minimum absolute atomic E-state index is 0.0127. The summed E-state index contributed by atoms with van der Waals surface area (Å²) in [6.07, 6.45) is 8.46. The molecule has 5 aliphatic carbocycles. The number of ether oxygens (including phenoxy) is 1. The maximum absolute atomic E-state index is 13.3. The number of allylic oxidation sites excluding steroid dienone is 2. The number of nitrogens with zero attached hydrogens (tertiary/aromatic N) is 1. The summed E-state index contributed by atoms with van der Waals surface area (Å²) in [4.78, 5) is 40.9. The molecular formula is C25H28N2O4. The second kappa shape index (κ2) is 6.94. The van der Waals surface area contributed by atoms with Crippen LogP contribution in [0, 0.1) is 41.4 Å². The second-order valence-corrected chi connectivity index (χ2v) is 9.92. The SMILES string of the molecule is COc1ccc(NC(=O)C2CCC(N3C(=O)[C@@H]4[C@H]5C=C[C@@H]([C@@H]6C[C@@H]56)[C@H]4C3=O)CC2)cc1. The molecule has 0 aromatic heterocycles. The Kier molecular flexibility index (Phi) is 4.27. The van der Waals surface area contributed by atoms with Crippen LogP contribution < -0.4 is 10.1 Å². The lowest BCUT2D eigenvalue weighted by Gasteiger charge is -2.37. The fourth-order valence-electron chi connectivity index (χ4n) is 6.85. The highest BCUT2D eigenvalue weighted by Gasteiger charge is 2.67. The van der Waals surface area contributed by atoms with Crippen molar-refractivity contribution in [3.63, 3.8) is 0 Å². The van der Waals surface area contributed by atoms with Crippen LogP contribution in [0.15, 0.2) is 36.4 Å². The highest BCUT2D eigenvalue weighted by molar-refractivity contribution is 6.06. The number of methoxy groups -OCH3 is 1. The van der Waals surface area contributed by atoms with Crippen molar-refractivity contribution in [1.29, 1.82) is 0 Å². The number of imide groups is 1. The number of carbonyl (C=O) groups is 3. The van der Waals surface area contributed by atoms with Crippen LogP contribution in [0.5, 0.6) is 5.75 Å². The molecule has 1 aliphatic heterocycles. The van der Waals surface area contributed by atoms with E-state index in [2.05, 4.69) is 17.5 Å². The maximum atomic E-state index is 13.3. The van der Waals surface area contributed by atoms with E-state index in [0.717, 1.165) is 11.4 Å². The molecule has 0 spiro atoms. The number of carbonyl (C=O) groups excluding carboxylic acids is 3. The molecule has 3 amide bonds. The molecule has 0 unspecified atom stereocenters. The predicted molar refractivity (Wildman–Crippen MR) is 114 cm³/mol. The van der Waals surface area contributed by atoms with Crippen molar-refractivity contribution in [3.8, 4) is 5.75 Å². The molecule has 1 saturated heterocycles. The van der Waals surface area contributed by atoms with Gasteiger partial charge < -0.3 is 10.1 Å². The van der Waals surface area contributed by atoms with E-state index < -0.39 is 0 Å². The number of hydrogen-bond acceptors (Lipinski definition) is 4. The van der Waals surface area contributed by atoms with Crippen molar-refractivity contribution in [2.24, 2.45) is 41.4 Å². The summed E-state index contributed by atoms with van der Waals surface area (Å²) < 4.78 is 5.15. The first kappa shape index (κ1) is 19.1. The van der Waals surface area contributed by atoms with Crippen LogP contribution >= 0.6 is 0 Å². The van der Waals surface area contributed by atoms with Gasteiger partial charge in [-0.25, -0.2) is 0 Å². The lowest BCUT2D eigenvalue weighted by Crippen LogP contribution is -2.44. The Morgan fingerprint density at radius 1 is 0.935 bits per heavy atom. The quantitative estimate of drug-likeness (QED) is 0.599. The fourth-order valence-corrected chi connectivity index (χ4v) is 6.85. The van der Waals surface area contributed by atoms with Crippen molar-refractivity contribution < 1.29 is 19.1 Å². The van der Waals surface area contributed by atoms with Gasteiger partial charge in [-0.05, 0) is 80.0 Å². The third-order valence-electron chi connectivity index (χ3n) is 8.49. The standard InChI is InChI=1S/C25H28N2O4/c1-31-16-8-4-14(5-9-16)26-23(28)13-2-6-15(7-3-13)27-24(29)21-17-10-11-18(20-12-19(17)20)22(21)25(27)30/h4-5,8-11,13,15,17-22H,2-3,6-7,12H2,1H3,(H,26,28)/t13?,15?,17-,18-,19-,20-,21+,22+/m0/s1. The second-order valence-electron chi connectivity index (χ2n) is 9.92. The highest BCUT2D eigenvalue weighted by Crippen LogP contribution is 2.65. The zero-order chi connectivity index (χ0) is 21.3. The summed E-state index contributed by atoms with van der Waals surface area (Å²) in [6.45, 7) is 0. The van der Waals surface area contributed by atoms with Gasteiger partial charge in [0.05, 0.1) is 18.9 Å². The molecule has 1 aromatic carbocycles. The van der Waals surface area contributed by atoms with Crippen LogP contribution in [0.2, 0.25) is 0 Å². The molecular weight excluding hydrogens is 392 g/mol. The number of likely N-dealkylation sites (tertiary alicyclic amines) is 1. The van der Waals surface area contributed by atoms with Crippen LogP contribution in [0.3, 0.4) is 0 Å². The normalized spacial score (nSPS) is 39.8.